The van der Waals surface area contributed by atoms with Crippen molar-refractivity contribution in [1.82, 2.24) is 20.2 Å². The highest BCUT2D eigenvalue weighted by atomic mass is 32.1. The summed E-state index contributed by atoms with van der Waals surface area (Å²) in [5, 5.41) is 18.9. The smallest absolute Gasteiger partial charge is 0.394 e. The van der Waals surface area contributed by atoms with Crippen LogP contribution < -0.4 is 15.4 Å². The third-order valence-electron chi connectivity index (χ3n) is 8.73. The lowest BCUT2D eigenvalue weighted by atomic mass is 9.93. The molecule has 44 heavy (non-hydrogen) atoms. The van der Waals surface area contributed by atoms with Crippen molar-refractivity contribution in [3.63, 3.8) is 0 Å². The number of carboxylic acid groups (broad SMARTS) is 1. The van der Waals surface area contributed by atoms with Gasteiger partial charge in [-0.25, -0.2) is 9.78 Å². The van der Waals surface area contributed by atoms with Crippen LogP contribution in [-0.4, -0.2) is 68.0 Å². The molecule has 2 fully saturated rings. The Morgan fingerprint density at radius 2 is 2.02 bits per heavy atom. The molecule has 2 amide bonds. The van der Waals surface area contributed by atoms with Crippen LogP contribution in [0.2, 0.25) is 0 Å². The molecule has 0 unspecified atom stereocenters. The van der Waals surface area contributed by atoms with Crippen LogP contribution in [0.5, 0.6) is 6.08 Å². The second kappa shape index (κ2) is 11.9. The maximum Gasteiger partial charge on any atom is 0.394 e. The molecule has 1 saturated heterocycles. The lowest BCUT2D eigenvalue weighted by Crippen LogP contribution is -2.55. The molecule has 1 aromatic carbocycles. The Balaban J connectivity index is 1.28. The number of carbonyl (C=O) groups excluding carboxylic acids is 2. The fourth-order valence-corrected chi connectivity index (χ4v) is 7.02. The molecule has 0 radical (unpaired) electrons. The largest absolute Gasteiger partial charge is 0.479 e. The van der Waals surface area contributed by atoms with E-state index in [9.17, 15) is 19.5 Å². The van der Waals surface area contributed by atoms with Gasteiger partial charge in [-0.2, -0.15) is 4.98 Å². The Morgan fingerprint density at radius 1 is 1.20 bits per heavy atom. The average Bonchev–Trinajstić information content (AvgIpc) is 3.36. The first-order valence-corrected chi connectivity index (χ1v) is 16.2. The summed E-state index contributed by atoms with van der Waals surface area (Å²) < 4.78 is 11.9. The quantitative estimate of drug-likeness (QED) is 0.339. The molecule has 0 bridgehead atoms. The summed E-state index contributed by atoms with van der Waals surface area (Å²) in [5.41, 5.74) is 0.642. The first kappa shape index (κ1) is 30.1. The van der Waals surface area contributed by atoms with Crippen LogP contribution >= 0.6 is 11.3 Å². The van der Waals surface area contributed by atoms with Crippen molar-refractivity contribution in [3.05, 3.63) is 47.5 Å². The van der Waals surface area contributed by atoms with Crippen LogP contribution in [0.25, 0.3) is 11.1 Å². The molecule has 1 saturated carbocycles. The standard InChI is InChI=1S/C32H39N5O6S/c1-31(2,3)25-18-44-29(35-25)33-22-13-8-6-4-5-7-11-19-16-32(19,28(40)41)36-26(38)23-15-20(17-37(23)27(22)39)42-30-34-21-12-9-10-14-24(21)43-30/h7,9-12,14,18-20,22-23H,4-6,8,13,15-17H2,1-3H3,(H,33,35)(H,36,38)(H,40,41)/b11-7-/t19-,20+,22-,23-,32+/m0/s1. The van der Waals surface area contributed by atoms with E-state index in [4.69, 9.17) is 14.1 Å². The van der Waals surface area contributed by atoms with Gasteiger partial charge >= 0.3 is 12.0 Å². The predicted molar refractivity (Wildman–Crippen MR) is 166 cm³/mol. The van der Waals surface area contributed by atoms with Crippen LogP contribution in [0.1, 0.15) is 71.4 Å². The van der Waals surface area contributed by atoms with Crippen molar-refractivity contribution >= 4 is 45.4 Å². The number of benzene rings is 1. The fourth-order valence-electron chi connectivity index (χ4n) is 6.02. The van der Waals surface area contributed by atoms with Crippen molar-refractivity contribution in [2.75, 3.05) is 11.9 Å². The molecule has 5 atom stereocenters. The first-order valence-electron chi connectivity index (χ1n) is 15.3. The van der Waals surface area contributed by atoms with Gasteiger partial charge in [0.2, 0.25) is 11.8 Å². The van der Waals surface area contributed by atoms with Gasteiger partial charge in [0, 0.05) is 23.1 Å². The number of oxazole rings is 1. The highest BCUT2D eigenvalue weighted by Crippen LogP contribution is 2.45. The number of fused-ring (bicyclic) bond motifs is 3. The van der Waals surface area contributed by atoms with Crippen molar-refractivity contribution < 1.29 is 28.6 Å². The number of rotatable bonds is 5. The van der Waals surface area contributed by atoms with Crippen LogP contribution in [-0.2, 0) is 19.8 Å². The number of para-hydroxylation sites is 2. The summed E-state index contributed by atoms with van der Waals surface area (Å²) in [6.07, 6.45) is 7.93. The second-order valence-electron chi connectivity index (χ2n) is 13.1. The van der Waals surface area contributed by atoms with Gasteiger partial charge in [0.15, 0.2) is 10.7 Å². The number of aliphatic carboxylic acids is 1. The number of allylic oxidation sites excluding steroid dienone is 1. The summed E-state index contributed by atoms with van der Waals surface area (Å²) in [7, 11) is 0. The molecule has 11 nitrogen and oxygen atoms in total. The molecule has 4 heterocycles. The Hall–Kier alpha value is -3.93. The van der Waals surface area contributed by atoms with Gasteiger partial charge in [-0.1, -0.05) is 57.9 Å². The van der Waals surface area contributed by atoms with E-state index in [1.165, 1.54) is 16.2 Å². The maximum absolute atomic E-state index is 14.3. The molecule has 234 valence electrons. The van der Waals surface area contributed by atoms with E-state index < -0.39 is 35.6 Å². The zero-order chi connectivity index (χ0) is 31.1. The Bertz CT molecular complexity index is 1540. The van der Waals surface area contributed by atoms with Gasteiger partial charge in [-0.15, -0.1) is 11.3 Å². The van der Waals surface area contributed by atoms with E-state index in [1.54, 1.807) is 6.07 Å². The lowest BCUT2D eigenvalue weighted by molar-refractivity contribution is -0.145. The molecule has 3 aromatic rings. The molecule has 12 heteroatoms. The SMILES string of the molecule is CC(C)(C)c1csc(N[C@H]2CCCCC/C=C\[C@H]3C[C@@]3(C(=O)O)NC(=O)[C@@H]3C[C@@H](Oc4nc5ccccc5o4)CN3C2=O)n1. The van der Waals surface area contributed by atoms with E-state index in [1.807, 2.05) is 35.7 Å². The molecule has 6 rings (SSSR count). The van der Waals surface area contributed by atoms with E-state index in [0.29, 0.717) is 29.1 Å². The molecular weight excluding hydrogens is 582 g/mol. The number of amides is 2. The van der Waals surface area contributed by atoms with Gasteiger partial charge in [0.25, 0.3) is 0 Å². The third-order valence-corrected chi connectivity index (χ3v) is 9.51. The number of aromatic nitrogens is 2. The summed E-state index contributed by atoms with van der Waals surface area (Å²) in [6, 6.07) is 5.75. The minimum absolute atomic E-state index is 0.0633. The summed E-state index contributed by atoms with van der Waals surface area (Å²) in [4.78, 5) is 51.2. The van der Waals surface area contributed by atoms with E-state index in [-0.39, 0.29) is 36.3 Å². The van der Waals surface area contributed by atoms with Gasteiger partial charge in [-0.3, -0.25) is 9.59 Å². The van der Waals surface area contributed by atoms with Crippen molar-refractivity contribution in [2.24, 2.45) is 5.92 Å². The number of thiazole rings is 1. The third kappa shape index (κ3) is 6.17. The molecular formula is C32H39N5O6S. The number of ether oxygens (including phenoxy) is 1. The molecule has 2 aromatic heterocycles. The minimum Gasteiger partial charge on any atom is -0.479 e. The normalized spacial score (nSPS) is 28.8. The highest BCUT2D eigenvalue weighted by molar-refractivity contribution is 7.13. The molecule has 0 spiro atoms. The molecule has 3 aliphatic rings. The summed E-state index contributed by atoms with van der Waals surface area (Å²) in [5.74, 6) is -2.11. The summed E-state index contributed by atoms with van der Waals surface area (Å²) in [6.45, 7) is 6.40. The van der Waals surface area contributed by atoms with E-state index >= 15 is 0 Å². The van der Waals surface area contributed by atoms with Gasteiger partial charge < -0.3 is 29.8 Å². The predicted octanol–water partition coefficient (Wildman–Crippen LogP) is 4.89. The number of nitrogens with one attached hydrogen (secondary N) is 2. The van der Waals surface area contributed by atoms with Gasteiger partial charge in [-0.05, 0) is 37.8 Å². The minimum atomic E-state index is -1.37. The number of nitrogens with zero attached hydrogens (tertiary/aromatic N) is 3. The number of hydrogen-bond donors (Lipinski definition) is 3. The van der Waals surface area contributed by atoms with Crippen molar-refractivity contribution in [2.45, 2.75) is 94.9 Å². The summed E-state index contributed by atoms with van der Waals surface area (Å²) >= 11 is 1.46. The molecule has 1 aliphatic carbocycles. The van der Waals surface area contributed by atoms with E-state index in [2.05, 4.69) is 36.4 Å². The van der Waals surface area contributed by atoms with Crippen molar-refractivity contribution in [3.8, 4) is 6.08 Å². The highest BCUT2D eigenvalue weighted by Gasteiger charge is 2.61. The number of carbonyl (C=O) groups is 3. The Labute approximate surface area is 260 Å². The fraction of sp³-hybridized carbons (Fsp3) is 0.531. The van der Waals surface area contributed by atoms with E-state index in [0.717, 1.165) is 31.4 Å². The van der Waals surface area contributed by atoms with Crippen LogP contribution in [0, 0.1) is 5.92 Å². The molecule has 3 N–H and O–H groups in total. The van der Waals surface area contributed by atoms with Crippen LogP contribution in [0.4, 0.5) is 5.13 Å². The van der Waals surface area contributed by atoms with Gasteiger partial charge in [0.1, 0.15) is 29.2 Å². The molecule has 2 aliphatic heterocycles. The second-order valence-corrected chi connectivity index (χ2v) is 13.9. The number of anilines is 1. The Kier molecular flexibility index (Phi) is 8.12. The number of carboxylic acids is 1. The lowest BCUT2D eigenvalue weighted by Gasteiger charge is -2.29. The zero-order valence-electron chi connectivity index (χ0n) is 25.2. The maximum atomic E-state index is 14.3. The van der Waals surface area contributed by atoms with Crippen LogP contribution in [0.3, 0.4) is 0 Å². The van der Waals surface area contributed by atoms with Gasteiger partial charge in [0.05, 0.1) is 12.2 Å². The van der Waals surface area contributed by atoms with Crippen molar-refractivity contribution in [1.29, 1.82) is 0 Å². The number of hydrogen-bond acceptors (Lipinski definition) is 9. The topological polar surface area (TPSA) is 147 Å². The average molecular weight is 622 g/mol. The van der Waals surface area contributed by atoms with Crippen LogP contribution in [0.15, 0.2) is 46.2 Å². The monoisotopic (exact) mass is 621 g/mol. The first-order chi connectivity index (χ1) is 21.0. The zero-order valence-corrected chi connectivity index (χ0v) is 26.1. The Morgan fingerprint density at radius 3 is 2.77 bits per heavy atom.